The van der Waals surface area contributed by atoms with Crippen molar-refractivity contribution in [3.05, 3.63) is 115 Å². The Kier molecular flexibility index (Phi) is 3.62. The van der Waals surface area contributed by atoms with E-state index in [0.29, 0.717) is 0 Å². The maximum absolute atomic E-state index is 4.74. The molecule has 1 heteroatoms. The Balaban J connectivity index is 1.68. The average molecular weight is 406 g/mol. The number of aromatic nitrogens is 1. The van der Waals surface area contributed by atoms with Gasteiger partial charge in [-0.2, -0.15) is 0 Å². The maximum Gasteiger partial charge on any atom is 0.0780 e. The third-order valence-corrected chi connectivity index (χ3v) is 6.64. The molecule has 0 atom stereocenters. The van der Waals surface area contributed by atoms with Crippen LogP contribution >= 0.6 is 0 Å². The normalized spacial score (nSPS) is 11.8. The maximum atomic E-state index is 4.74. The summed E-state index contributed by atoms with van der Waals surface area (Å²) in [5.41, 5.74) is 11.4. The molecule has 1 heterocycles. The molecule has 7 rings (SSSR count). The van der Waals surface area contributed by atoms with Gasteiger partial charge in [-0.25, -0.2) is 0 Å². The summed E-state index contributed by atoms with van der Waals surface area (Å²) < 4.78 is 0. The summed E-state index contributed by atoms with van der Waals surface area (Å²) in [6, 6.07) is 39.3. The van der Waals surface area contributed by atoms with Crippen molar-refractivity contribution in [1.82, 2.24) is 4.98 Å². The van der Waals surface area contributed by atoms with Crippen LogP contribution in [0.1, 0.15) is 0 Å². The van der Waals surface area contributed by atoms with Gasteiger partial charge in [-0.1, -0.05) is 97.1 Å². The van der Waals surface area contributed by atoms with Crippen molar-refractivity contribution in [3.63, 3.8) is 0 Å². The summed E-state index contributed by atoms with van der Waals surface area (Å²) in [6.45, 7) is 0. The highest BCUT2D eigenvalue weighted by atomic mass is 14.6. The highest BCUT2D eigenvalue weighted by Gasteiger charge is 2.28. The van der Waals surface area contributed by atoms with Gasteiger partial charge in [-0.15, -0.1) is 0 Å². The fourth-order valence-electron chi connectivity index (χ4n) is 5.31. The van der Waals surface area contributed by atoms with E-state index in [2.05, 4.69) is 103 Å². The van der Waals surface area contributed by atoms with Crippen LogP contribution in [0, 0.1) is 0 Å². The SMILES string of the molecule is c1ccc(-c2ccc(-c3ccccc3)c3c2-c2cccc4c2c-3cc2cccnc24)cc1. The lowest BCUT2D eigenvalue weighted by molar-refractivity contribution is 1.43. The molecule has 1 aliphatic carbocycles. The molecule has 1 aromatic heterocycles. The molecular formula is C31H19N. The van der Waals surface area contributed by atoms with Crippen molar-refractivity contribution in [1.29, 1.82) is 0 Å². The number of benzene rings is 5. The number of hydrogen-bond acceptors (Lipinski definition) is 1. The average Bonchev–Trinajstić information content (AvgIpc) is 3.20. The monoisotopic (exact) mass is 405 g/mol. The van der Waals surface area contributed by atoms with Crippen LogP contribution in [0.25, 0.3) is 66.2 Å². The van der Waals surface area contributed by atoms with E-state index in [0.717, 1.165) is 5.52 Å². The summed E-state index contributed by atoms with van der Waals surface area (Å²) in [6.07, 6.45) is 1.89. The first-order chi connectivity index (χ1) is 15.9. The van der Waals surface area contributed by atoms with Gasteiger partial charge in [0.15, 0.2) is 0 Å². The predicted molar refractivity (Wildman–Crippen MR) is 135 cm³/mol. The Hall–Kier alpha value is -4.23. The molecule has 0 spiro atoms. The molecule has 0 fully saturated rings. The Labute approximate surface area is 186 Å². The van der Waals surface area contributed by atoms with Crippen LogP contribution in [0.3, 0.4) is 0 Å². The molecule has 0 amide bonds. The Morgan fingerprint density at radius 1 is 0.469 bits per heavy atom. The van der Waals surface area contributed by atoms with Crippen LogP contribution in [-0.2, 0) is 0 Å². The lowest BCUT2D eigenvalue weighted by atomic mass is 9.88. The lowest BCUT2D eigenvalue weighted by Crippen LogP contribution is -1.89. The van der Waals surface area contributed by atoms with Gasteiger partial charge in [0.1, 0.15) is 0 Å². The highest BCUT2D eigenvalue weighted by Crippen LogP contribution is 2.55. The van der Waals surface area contributed by atoms with Gasteiger partial charge in [0, 0.05) is 17.0 Å². The fraction of sp³-hybridized carbons (Fsp3) is 0. The molecule has 0 saturated heterocycles. The van der Waals surface area contributed by atoms with Gasteiger partial charge in [-0.3, -0.25) is 4.98 Å². The van der Waals surface area contributed by atoms with E-state index < -0.39 is 0 Å². The second-order valence-corrected chi connectivity index (χ2v) is 8.37. The Morgan fingerprint density at radius 3 is 1.81 bits per heavy atom. The van der Waals surface area contributed by atoms with Crippen molar-refractivity contribution in [2.45, 2.75) is 0 Å². The van der Waals surface area contributed by atoms with Gasteiger partial charge < -0.3 is 0 Å². The molecular weight excluding hydrogens is 386 g/mol. The molecule has 148 valence electrons. The second kappa shape index (κ2) is 6.63. The molecule has 0 bridgehead atoms. The van der Waals surface area contributed by atoms with Crippen molar-refractivity contribution in [2.24, 2.45) is 0 Å². The molecule has 0 saturated carbocycles. The van der Waals surface area contributed by atoms with E-state index in [4.69, 9.17) is 4.98 Å². The van der Waals surface area contributed by atoms with Crippen LogP contribution < -0.4 is 0 Å². The number of fused-ring (bicyclic) bond motifs is 5. The van der Waals surface area contributed by atoms with Gasteiger partial charge in [0.05, 0.1) is 5.52 Å². The van der Waals surface area contributed by atoms with Crippen molar-refractivity contribution in [3.8, 4) is 44.5 Å². The van der Waals surface area contributed by atoms with E-state index in [-0.39, 0.29) is 0 Å². The minimum absolute atomic E-state index is 1.07. The third-order valence-electron chi connectivity index (χ3n) is 6.64. The zero-order valence-corrected chi connectivity index (χ0v) is 17.4. The first-order valence-corrected chi connectivity index (χ1v) is 11.0. The summed E-state index contributed by atoms with van der Waals surface area (Å²) in [4.78, 5) is 4.74. The van der Waals surface area contributed by atoms with Crippen molar-refractivity contribution in [2.75, 3.05) is 0 Å². The van der Waals surface area contributed by atoms with E-state index in [1.807, 2.05) is 12.3 Å². The van der Waals surface area contributed by atoms with Gasteiger partial charge in [-0.05, 0) is 62.0 Å². The van der Waals surface area contributed by atoms with E-state index >= 15 is 0 Å². The van der Waals surface area contributed by atoms with Crippen LogP contribution in [0.15, 0.2) is 115 Å². The first-order valence-electron chi connectivity index (χ1n) is 11.0. The highest BCUT2D eigenvalue weighted by molar-refractivity contribution is 6.26. The topological polar surface area (TPSA) is 12.9 Å². The van der Waals surface area contributed by atoms with Crippen molar-refractivity contribution < 1.29 is 0 Å². The Bertz CT molecular complexity index is 1650. The predicted octanol–water partition coefficient (Wildman–Crippen LogP) is 8.37. The quantitative estimate of drug-likeness (QED) is 0.263. The largest absolute Gasteiger partial charge is 0.256 e. The minimum atomic E-state index is 1.07. The van der Waals surface area contributed by atoms with E-state index in [1.165, 1.54) is 60.7 Å². The molecule has 0 unspecified atom stereocenters. The number of nitrogens with zero attached hydrogens (tertiary/aromatic N) is 1. The standard InChI is InChI=1S/C31H19N/c1-3-9-20(10-4-1)23-16-17-24(21-11-5-2-6-12-21)30-27-19-22-13-8-18-32-31(22)26-15-7-14-25(28(26)27)29(23)30/h1-19H. The minimum Gasteiger partial charge on any atom is -0.256 e. The molecule has 5 aromatic carbocycles. The van der Waals surface area contributed by atoms with Gasteiger partial charge in [0.25, 0.3) is 0 Å². The molecule has 0 N–H and O–H groups in total. The number of rotatable bonds is 2. The zero-order valence-electron chi connectivity index (χ0n) is 17.4. The van der Waals surface area contributed by atoms with E-state index in [9.17, 15) is 0 Å². The summed E-state index contributed by atoms with van der Waals surface area (Å²) in [7, 11) is 0. The van der Waals surface area contributed by atoms with Crippen LogP contribution in [0.5, 0.6) is 0 Å². The molecule has 0 aliphatic heterocycles. The zero-order chi connectivity index (χ0) is 21.1. The van der Waals surface area contributed by atoms with Crippen LogP contribution in [0.4, 0.5) is 0 Å². The lowest BCUT2D eigenvalue weighted by Gasteiger charge is -2.15. The van der Waals surface area contributed by atoms with Crippen LogP contribution in [0.2, 0.25) is 0 Å². The number of pyridine rings is 1. The van der Waals surface area contributed by atoms with E-state index in [1.54, 1.807) is 0 Å². The molecule has 32 heavy (non-hydrogen) atoms. The summed E-state index contributed by atoms with van der Waals surface area (Å²) in [5, 5.41) is 3.73. The molecule has 1 aliphatic rings. The van der Waals surface area contributed by atoms with Gasteiger partial charge in [0.2, 0.25) is 0 Å². The second-order valence-electron chi connectivity index (χ2n) is 8.37. The smallest absolute Gasteiger partial charge is 0.0780 e. The summed E-state index contributed by atoms with van der Waals surface area (Å²) in [5.74, 6) is 0. The molecule has 1 nitrogen and oxygen atoms in total. The first kappa shape index (κ1) is 17.5. The van der Waals surface area contributed by atoms with Gasteiger partial charge >= 0.3 is 0 Å². The third kappa shape index (κ3) is 2.36. The Morgan fingerprint density at radius 2 is 1.12 bits per heavy atom. The van der Waals surface area contributed by atoms with Crippen molar-refractivity contribution >= 4 is 21.7 Å². The number of hydrogen-bond donors (Lipinski definition) is 0. The van der Waals surface area contributed by atoms with Crippen LogP contribution in [-0.4, -0.2) is 4.98 Å². The fourth-order valence-corrected chi connectivity index (χ4v) is 5.31. The molecule has 6 aromatic rings. The summed E-state index contributed by atoms with van der Waals surface area (Å²) >= 11 is 0. The molecule has 0 radical (unpaired) electrons.